The molecule has 0 aliphatic heterocycles. The fourth-order valence-electron chi connectivity index (χ4n) is 3.38. The summed E-state index contributed by atoms with van der Waals surface area (Å²) in [5.74, 6) is 1.22. The third-order valence-electron chi connectivity index (χ3n) is 5.25. The van der Waals surface area contributed by atoms with Crippen LogP contribution in [0.4, 0.5) is 17.6 Å². The first-order valence-corrected chi connectivity index (χ1v) is 13.4. The van der Waals surface area contributed by atoms with Gasteiger partial charge in [0.25, 0.3) is 5.56 Å². The fraction of sp³-hybridized carbons (Fsp3) is 0.381. The third kappa shape index (κ3) is 6.72. The topological polar surface area (TPSA) is 197 Å². The summed E-state index contributed by atoms with van der Waals surface area (Å²) in [5.41, 5.74) is 16.0. The monoisotopic (exact) mass is 538 g/mol. The van der Waals surface area contributed by atoms with Crippen LogP contribution in [0.25, 0.3) is 10.9 Å². The number of nitrogen functional groups attached to an aromatic ring is 3. The molecule has 0 unspecified atom stereocenters. The molecule has 0 radical (unpaired) electrons. The van der Waals surface area contributed by atoms with Crippen LogP contribution in [0, 0.1) is 17.2 Å². The lowest BCUT2D eigenvalue weighted by Gasteiger charge is -2.14. The molecule has 35 heavy (non-hydrogen) atoms. The van der Waals surface area contributed by atoms with Gasteiger partial charge in [-0.1, -0.05) is 23.2 Å². The van der Waals surface area contributed by atoms with E-state index in [1.807, 2.05) is 0 Å². The minimum Gasteiger partial charge on any atom is -0.382 e. The van der Waals surface area contributed by atoms with E-state index in [0.29, 0.717) is 52.1 Å². The van der Waals surface area contributed by atoms with Crippen LogP contribution >= 0.6 is 23.2 Å². The van der Waals surface area contributed by atoms with E-state index in [-0.39, 0.29) is 34.5 Å². The number of hydrogen-bond donors (Lipinski definition) is 3. The molecule has 4 rings (SSSR count). The Morgan fingerprint density at radius 1 is 1.11 bits per heavy atom. The Balaban J connectivity index is 0.000000261. The summed E-state index contributed by atoms with van der Waals surface area (Å²) in [6.45, 7) is 0.305. The summed E-state index contributed by atoms with van der Waals surface area (Å²) in [4.78, 5) is 24.6. The van der Waals surface area contributed by atoms with Crippen molar-refractivity contribution in [1.82, 2.24) is 19.5 Å². The molecule has 0 amide bonds. The molecule has 1 saturated carbocycles. The van der Waals surface area contributed by atoms with Crippen molar-refractivity contribution in [2.75, 3.05) is 29.2 Å². The van der Waals surface area contributed by atoms with Crippen LogP contribution in [0.5, 0.6) is 0 Å². The van der Waals surface area contributed by atoms with Gasteiger partial charge in [-0.05, 0) is 37.3 Å². The van der Waals surface area contributed by atoms with Crippen molar-refractivity contribution < 1.29 is 8.42 Å². The lowest BCUT2D eigenvalue weighted by Crippen LogP contribution is -2.27. The molecule has 186 valence electrons. The molecular formula is C21H24Cl2N8O3S. The quantitative estimate of drug-likeness (QED) is 0.417. The Hall–Kier alpha value is -3.14. The predicted octanol–water partition coefficient (Wildman–Crippen LogP) is 2.19. The van der Waals surface area contributed by atoms with Gasteiger partial charge < -0.3 is 17.2 Å². The van der Waals surface area contributed by atoms with Gasteiger partial charge in [0.15, 0.2) is 0 Å². The number of sulfone groups is 1. The smallest absolute Gasteiger partial charge is 0.262 e. The van der Waals surface area contributed by atoms with Crippen molar-refractivity contribution in [3.05, 3.63) is 43.9 Å². The van der Waals surface area contributed by atoms with Gasteiger partial charge in [-0.25, -0.2) is 13.4 Å². The SMILES string of the molecule is CS(=O)(=O)CCCn1c(CC2CC2)nc2c(Cl)ccc(Cl)c2c1=O.N#Cc1c(N)nc(N)nc1N. The number of hydrogen-bond acceptors (Lipinski definition) is 10. The van der Waals surface area contributed by atoms with Crippen LogP contribution in [0.2, 0.25) is 10.0 Å². The standard InChI is InChI=1S/C16H18Cl2N2O3S.C5H6N6/c1-24(22,23)8-2-7-20-13(9-10-3-4-10)19-15-12(18)6-5-11(17)14(15)16(20)21;6-1-2-3(7)10-5(9)11-4(2)8/h5-6,10H,2-4,7-9H2,1H3;(H6,7,8,9,10,11). The summed E-state index contributed by atoms with van der Waals surface area (Å²) >= 11 is 12.4. The lowest BCUT2D eigenvalue weighted by molar-refractivity contribution is 0.571. The largest absolute Gasteiger partial charge is 0.382 e. The van der Waals surface area contributed by atoms with Gasteiger partial charge in [0, 0.05) is 19.2 Å². The molecule has 3 aromatic rings. The number of halogens is 2. The van der Waals surface area contributed by atoms with E-state index >= 15 is 0 Å². The van der Waals surface area contributed by atoms with Gasteiger partial charge in [0.2, 0.25) is 5.95 Å². The molecule has 0 atom stereocenters. The molecule has 0 spiro atoms. The number of anilines is 3. The second-order valence-electron chi connectivity index (χ2n) is 8.21. The van der Waals surface area contributed by atoms with Crippen LogP contribution in [0.3, 0.4) is 0 Å². The van der Waals surface area contributed by atoms with Crippen LogP contribution in [0.15, 0.2) is 16.9 Å². The number of aromatic nitrogens is 4. The zero-order valence-corrected chi connectivity index (χ0v) is 21.2. The maximum atomic E-state index is 12.9. The molecule has 14 heteroatoms. The molecular weight excluding hydrogens is 515 g/mol. The van der Waals surface area contributed by atoms with E-state index in [4.69, 9.17) is 45.7 Å². The van der Waals surface area contributed by atoms with Crippen molar-refractivity contribution in [3.8, 4) is 6.07 Å². The second kappa shape index (κ2) is 10.6. The molecule has 1 aliphatic carbocycles. The highest BCUT2D eigenvalue weighted by molar-refractivity contribution is 7.90. The van der Waals surface area contributed by atoms with E-state index in [2.05, 4.69) is 15.0 Å². The minimum absolute atomic E-state index is 0.0116. The fourth-order valence-corrected chi connectivity index (χ4v) is 4.46. The molecule has 1 aliphatic rings. The predicted molar refractivity (Wildman–Crippen MR) is 137 cm³/mol. The van der Waals surface area contributed by atoms with Gasteiger partial charge >= 0.3 is 0 Å². The number of rotatable bonds is 6. The van der Waals surface area contributed by atoms with E-state index in [0.717, 1.165) is 12.8 Å². The summed E-state index contributed by atoms with van der Waals surface area (Å²) < 4.78 is 24.3. The molecule has 0 bridgehead atoms. The molecule has 0 saturated heterocycles. The summed E-state index contributed by atoms with van der Waals surface area (Å²) in [5, 5.41) is 9.46. The number of nitrogens with zero attached hydrogens (tertiary/aromatic N) is 5. The first kappa shape index (κ1) is 26.5. The van der Waals surface area contributed by atoms with Crippen LogP contribution < -0.4 is 22.8 Å². The van der Waals surface area contributed by atoms with Crippen LogP contribution in [-0.4, -0.2) is 39.9 Å². The summed E-state index contributed by atoms with van der Waals surface area (Å²) in [7, 11) is -3.07. The Morgan fingerprint density at radius 3 is 2.26 bits per heavy atom. The van der Waals surface area contributed by atoms with Crippen LogP contribution in [0.1, 0.15) is 30.7 Å². The van der Waals surface area contributed by atoms with Gasteiger partial charge in [-0.3, -0.25) is 9.36 Å². The van der Waals surface area contributed by atoms with Crippen molar-refractivity contribution in [2.24, 2.45) is 5.92 Å². The first-order valence-electron chi connectivity index (χ1n) is 10.5. The average molecular weight is 539 g/mol. The van der Waals surface area contributed by atoms with Crippen molar-refractivity contribution in [3.63, 3.8) is 0 Å². The van der Waals surface area contributed by atoms with Gasteiger partial charge in [0.1, 0.15) is 38.9 Å². The van der Waals surface area contributed by atoms with E-state index < -0.39 is 9.84 Å². The van der Waals surface area contributed by atoms with Gasteiger partial charge in [0.05, 0.1) is 26.7 Å². The Bertz CT molecular complexity index is 1460. The van der Waals surface area contributed by atoms with Gasteiger partial charge in [-0.2, -0.15) is 15.2 Å². The number of fused-ring (bicyclic) bond motifs is 1. The Morgan fingerprint density at radius 2 is 1.71 bits per heavy atom. The molecule has 1 aromatic carbocycles. The van der Waals surface area contributed by atoms with Crippen LogP contribution in [-0.2, 0) is 22.8 Å². The highest BCUT2D eigenvalue weighted by atomic mass is 35.5. The normalized spacial score (nSPS) is 13.2. The van der Waals surface area contributed by atoms with Crippen molar-refractivity contribution >= 4 is 61.5 Å². The second-order valence-corrected chi connectivity index (χ2v) is 11.3. The number of nitriles is 1. The Labute approximate surface area is 211 Å². The molecule has 11 nitrogen and oxygen atoms in total. The van der Waals surface area contributed by atoms with E-state index in [1.165, 1.54) is 6.26 Å². The zero-order valence-electron chi connectivity index (χ0n) is 18.8. The molecule has 2 heterocycles. The number of nitrogens with two attached hydrogens (primary N) is 3. The maximum Gasteiger partial charge on any atom is 0.262 e. The van der Waals surface area contributed by atoms with Gasteiger partial charge in [-0.15, -0.1) is 0 Å². The maximum absolute atomic E-state index is 12.9. The first-order chi connectivity index (χ1) is 16.4. The minimum atomic E-state index is -3.07. The molecule has 2 aromatic heterocycles. The highest BCUT2D eigenvalue weighted by Crippen LogP contribution is 2.33. The van der Waals surface area contributed by atoms with E-state index in [1.54, 1.807) is 22.8 Å². The van der Waals surface area contributed by atoms with Crippen molar-refractivity contribution in [2.45, 2.75) is 32.2 Å². The Kier molecular flexibility index (Phi) is 8.04. The number of benzene rings is 1. The summed E-state index contributed by atoms with van der Waals surface area (Å²) in [6.07, 6.45) is 4.51. The summed E-state index contributed by atoms with van der Waals surface area (Å²) in [6, 6.07) is 4.97. The van der Waals surface area contributed by atoms with E-state index in [9.17, 15) is 13.2 Å². The zero-order chi connectivity index (χ0) is 25.9. The molecule has 1 fully saturated rings. The average Bonchev–Trinajstić information content (AvgIpc) is 3.56. The highest BCUT2D eigenvalue weighted by Gasteiger charge is 2.25. The van der Waals surface area contributed by atoms with Crippen molar-refractivity contribution in [1.29, 1.82) is 5.26 Å². The third-order valence-corrected chi connectivity index (χ3v) is 6.90. The lowest BCUT2D eigenvalue weighted by atomic mass is 10.2. The molecule has 6 N–H and O–H groups in total.